The van der Waals surface area contributed by atoms with E-state index in [1.54, 1.807) is 0 Å². The van der Waals surface area contributed by atoms with Crippen LogP contribution in [0.25, 0.3) is 0 Å². The fourth-order valence-corrected chi connectivity index (χ4v) is 5.62. The average molecular weight is 481 g/mol. The van der Waals surface area contributed by atoms with E-state index in [2.05, 4.69) is 28.2 Å². The summed E-state index contributed by atoms with van der Waals surface area (Å²) in [5.41, 5.74) is 0. The second kappa shape index (κ2) is 13.8. The molecule has 0 saturated heterocycles. The van der Waals surface area contributed by atoms with Gasteiger partial charge in [0.1, 0.15) is 0 Å². The first-order valence-corrected chi connectivity index (χ1v) is 13.4. The number of carboxylic acid groups (broad SMARTS) is 1. The molecule has 4 unspecified atom stereocenters. The van der Waals surface area contributed by atoms with Crippen LogP contribution in [0.1, 0.15) is 96.8 Å². The number of carbonyl (C=O) groups is 3. The SMILES string of the molecule is CC1CCCCC1NC(=O)NC1CCC(NC(=O)NC2CCCC(OCCCC(=O)O)C2)CC1. The van der Waals surface area contributed by atoms with Crippen molar-refractivity contribution in [3.63, 3.8) is 0 Å². The number of hydrogen-bond donors (Lipinski definition) is 5. The Hall–Kier alpha value is -2.03. The molecule has 0 aliphatic heterocycles. The largest absolute Gasteiger partial charge is 0.481 e. The van der Waals surface area contributed by atoms with Gasteiger partial charge in [0, 0.05) is 37.2 Å². The molecule has 34 heavy (non-hydrogen) atoms. The first kappa shape index (κ1) is 26.6. The van der Waals surface area contributed by atoms with Gasteiger partial charge in [-0.1, -0.05) is 19.8 Å². The number of urea groups is 2. The third-order valence-electron chi connectivity index (χ3n) is 7.68. The van der Waals surface area contributed by atoms with Crippen LogP contribution in [0.4, 0.5) is 9.59 Å². The van der Waals surface area contributed by atoms with Crippen LogP contribution in [-0.4, -0.2) is 60.0 Å². The van der Waals surface area contributed by atoms with Crippen LogP contribution in [0.2, 0.25) is 0 Å². The van der Waals surface area contributed by atoms with Gasteiger partial charge in [-0.2, -0.15) is 0 Å². The molecular weight excluding hydrogens is 436 g/mol. The lowest BCUT2D eigenvalue weighted by molar-refractivity contribution is -0.137. The summed E-state index contributed by atoms with van der Waals surface area (Å²) in [4.78, 5) is 35.5. The lowest BCUT2D eigenvalue weighted by Crippen LogP contribution is -2.52. The Morgan fingerprint density at radius 1 is 0.765 bits per heavy atom. The molecule has 3 rings (SSSR count). The first-order valence-electron chi connectivity index (χ1n) is 13.4. The molecule has 0 spiro atoms. The molecule has 0 radical (unpaired) electrons. The summed E-state index contributed by atoms with van der Waals surface area (Å²) in [6.07, 6.45) is 12.5. The zero-order chi connectivity index (χ0) is 24.3. The van der Waals surface area contributed by atoms with Gasteiger partial charge in [0.05, 0.1) is 6.10 Å². The second-order valence-corrected chi connectivity index (χ2v) is 10.5. The number of carbonyl (C=O) groups excluding carboxylic acids is 2. The normalized spacial score (nSPS) is 31.8. The van der Waals surface area contributed by atoms with E-state index >= 15 is 0 Å². The molecule has 0 aromatic heterocycles. The number of amides is 4. The van der Waals surface area contributed by atoms with Crippen molar-refractivity contribution in [3.8, 4) is 0 Å². The average Bonchev–Trinajstić information content (AvgIpc) is 2.80. The van der Waals surface area contributed by atoms with Gasteiger partial charge in [-0.3, -0.25) is 4.79 Å². The highest BCUT2D eigenvalue weighted by Gasteiger charge is 2.28. The van der Waals surface area contributed by atoms with E-state index in [-0.39, 0.29) is 48.8 Å². The Balaban J connectivity index is 1.28. The zero-order valence-electron chi connectivity index (χ0n) is 20.7. The van der Waals surface area contributed by atoms with Crippen molar-refractivity contribution in [2.24, 2.45) is 5.92 Å². The summed E-state index contributed by atoms with van der Waals surface area (Å²) in [6.45, 7) is 2.67. The number of aliphatic carboxylic acids is 1. The van der Waals surface area contributed by atoms with E-state index in [1.807, 2.05) is 0 Å². The molecule has 5 N–H and O–H groups in total. The highest BCUT2D eigenvalue weighted by molar-refractivity contribution is 5.75. The Labute approximate surface area is 203 Å². The van der Waals surface area contributed by atoms with Crippen LogP contribution in [0.15, 0.2) is 0 Å². The molecule has 0 aromatic carbocycles. The molecule has 0 heterocycles. The van der Waals surface area contributed by atoms with E-state index in [9.17, 15) is 14.4 Å². The van der Waals surface area contributed by atoms with Crippen LogP contribution in [0, 0.1) is 5.92 Å². The molecule has 194 valence electrons. The van der Waals surface area contributed by atoms with Crippen LogP contribution in [0.5, 0.6) is 0 Å². The van der Waals surface area contributed by atoms with E-state index in [0.717, 1.165) is 57.8 Å². The molecule has 3 aliphatic rings. The van der Waals surface area contributed by atoms with Crippen LogP contribution >= 0.6 is 0 Å². The third kappa shape index (κ3) is 9.31. The highest BCUT2D eigenvalue weighted by Crippen LogP contribution is 2.24. The molecule has 9 nitrogen and oxygen atoms in total. The van der Waals surface area contributed by atoms with Crippen molar-refractivity contribution in [2.45, 2.75) is 127 Å². The maximum absolute atomic E-state index is 12.5. The molecular formula is C25H44N4O5. The van der Waals surface area contributed by atoms with E-state index in [4.69, 9.17) is 9.84 Å². The Bertz CT molecular complexity index is 668. The van der Waals surface area contributed by atoms with Gasteiger partial charge in [0.15, 0.2) is 0 Å². The molecule has 4 amide bonds. The molecule has 0 aromatic rings. The summed E-state index contributed by atoms with van der Waals surface area (Å²) in [5, 5.41) is 21.2. The van der Waals surface area contributed by atoms with E-state index in [0.29, 0.717) is 18.9 Å². The predicted molar refractivity (Wildman–Crippen MR) is 130 cm³/mol. The van der Waals surface area contributed by atoms with Crippen molar-refractivity contribution in [1.82, 2.24) is 21.3 Å². The third-order valence-corrected chi connectivity index (χ3v) is 7.68. The number of carboxylic acids is 1. The fraction of sp³-hybridized carbons (Fsp3) is 0.880. The summed E-state index contributed by atoms with van der Waals surface area (Å²) < 4.78 is 5.82. The van der Waals surface area contributed by atoms with Gasteiger partial charge in [-0.15, -0.1) is 0 Å². The van der Waals surface area contributed by atoms with Gasteiger partial charge >= 0.3 is 18.0 Å². The maximum atomic E-state index is 12.5. The molecule has 0 bridgehead atoms. The van der Waals surface area contributed by atoms with Gasteiger partial charge < -0.3 is 31.1 Å². The van der Waals surface area contributed by atoms with Gasteiger partial charge in [0.25, 0.3) is 0 Å². The topological polar surface area (TPSA) is 129 Å². The minimum atomic E-state index is -0.800. The Morgan fingerprint density at radius 2 is 1.38 bits per heavy atom. The second-order valence-electron chi connectivity index (χ2n) is 10.5. The molecule has 3 saturated carbocycles. The summed E-state index contributed by atoms with van der Waals surface area (Å²) in [6, 6.07) is 0.484. The molecule has 3 aliphatic carbocycles. The number of nitrogens with one attached hydrogen (secondary N) is 4. The van der Waals surface area contributed by atoms with E-state index in [1.165, 1.54) is 19.3 Å². The zero-order valence-corrected chi connectivity index (χ0v) is 20.7. The molecule has 4 atom stereocenters. The number of ether oxygens (including phenoxy) is 1. The lowest BCUT2D eigenvalue weighted by Gasteiger charge is -2.33. The van der Waals surface area contributed by atoms with Crippen molar-refractivity contribution in [1.29, 1.82) is 0 Å². The monoisotopic (exact) mass is 480 g/mol. The number of hydrogen-bond acceptors (Lipinski definition) is 4. The van der Waals surface area contributed by atoms with Gasteiger partial charge in [-0.05, 0) is 76.5 Å². The van der Waals surface area contributed by atoms with Crippen LogP contribution in [0.3, 0.4) is 0 Å². The standard InChI is InChI=1S/C25H44N4O5/c1-17-6-2-3-9-22(17)29-25(33)27-19-13-11-18(12-14-19)26-24(32)28-20-7-4-8-21(16-20)34-15-5-10-23(30)31/h17-22H,2-16H2,1H3,(H,30,31)(H2,26,28,32)(H2,27,29,33). The minimum absolute atomic E-state index is 0.0510. The molecule has 3 fully saturated rings. The van der Waals surface area contributed by atoms with Crippen molar-refractivity contribution < 1.29 is 24.2 Å². The smallest absolute Gasteiger partial charge is 0.315 e. The van der Waals surface area contributed by atoms with Crippen molar-refractivity contribution in [3.05, 3.63) is 0 Å². The van der Waals surface area contributed by atoms with E-state index < -0.39 is 5.97 Å². The quantitative estimate of drug-likeness (QED) is 0.322. The fourth-order valence-electron chi connectivity index (χ4n) is 5.62. The van der Waals surface area contributed by atoms with Crippen LogP contribution < -0.4 is 21.3 Å². The Morgan fingerprint density at radius 3 is 2.03 bits per heavy atom. The van der Waals surface area contributed by atoms with Crippen molar-refractivity contribution >= 4 is 18.0 Å². The molecule has 9 heteroatoms. The maximum Gasteiger partial charge on any atom is 0.315 e. The highest BCUT2D eigenvalue weighted by atomic mass is 16.5. The minimum Gasteiger partial charge on any atom is -0.481 e. The summed E-state index contributed by atoms with van der Waals surface area (Å²) >= 11 is 0. The lowest BCUT2D eigenvalue weighted by atomic mass is 9.86. The van der Waals surface area contributed by atoms with Gasteiger partial charge in [0.2, 0.25) is 0 Å². The van der Waals surface area contributed by atoms with Gasteiger partial charge in [-0.25, -0.2) is 9.59 Å². The predicted octanol–water partition coefficient (Wildman–Crippen LogP) is 3.67. The number of rotatable bonds is 9. The summed E-state index contributed by atoms with van der Waals surface area (Å²) in [5.74, 6) is -0.258. The first-order chi connectivity index (χ1) is 16.4. The Kier molecular flexibility index (Phi) is 10.8. The summed E-state index contributed by atoms with van der Waals surface area (Å²) in [7, 11) is 0. The van der Waals surface area contributed by atoms with Crippen LogP contribution in [-0.2, 0) is 9.53 Å². The van der Waals surface area contributed by atoms with Crippen molar-refractivity contribution in [2.75, 3.05) is 6.61 Å².